The molecule has 4 heteroatoms. The van der Waals surface area contributed by atoms with Crippen LogP contribution in [0, 0.1) is 0 Å². The van der Waals surface area contributed by atoms with Gasteiger partial charge >= 0.3 is 6.03 Å². The summed E-state index contributed by atoms with van der Waals surface area (Å²) in [7, 11) is 0. The van der Waals surface area contributed by atoms with Crippen LogP contribution < -0.4 is 10.2 Å². The average molecular weight is 321 g/mol. The third-order valence-electron chi connectivity index (χ3n) is 5.21. The number of hydrogen-bond acceptors (Lipinski definition) is 2. The van der Waals surface area contributed by atoms with Crippen LogP contribution in [0.3, 0.4) is 0 Å². The molecule has 2 aliphatic heterocycles. The molecule has 2 aromatic carbocycles. The number of amides is 2. The van der Waals surface area contributed by atoms with Crippen LogP contribution in [-0.2, 0) is 6.54 Å². The molecule has 0 bridgehead atoms. The maximum Gasteiger partial charge on any atom is 0.322 e. The molecule has 4 nitrogen and oxygen atoms in total. The number of hydrogen-bond donors (Lipinski definition) is 1. The number of para-hydroxylation sites is 1. The van der Waals surface area contributed by atoms with Gasteiger partial charge in [-0.2, -0.15) is 0 Å². The highest BCUT2D eigenvalue weighted by atomic mass is 16.2. The summed E-state index contributed by atoms with van der Waals surface area (Å²) < 4.78 is 0. The van der Waals surface area contributed by atoms with E-state index in [4.69, 9.17) is 0 Å². The Morgan fingerprint density at radius 3 is 2.21 bits per heavy atom. The summed E-state index contributed by atoms with van der Waals surface area (Å²) in [6.45, 7) is 3.82. The Bertz CT molecular complexity index is 693. The minimum absolute atomic E-state index is 0.0395. The molecule has 2 saturated heterocycles. The Morgan fingerprint density at radius 2 is 1.54 bits per heavy atom. The number of piperidine rings is 1. The normalized spacial score (nSPS) is 20.3. The number of urea groups is 1. The van der Waals surface area contributed by atoms with Crippen molar-refractivity contribution in [3.63, 3.8) is 0 Å². The van der Waals surface area contributed by atoms with Crippen molar-refractivity contribution in [1.29, 1.82) is 0 Å². The second kappa shape index (κ2) is 6.29. The van der Waals surface area contributed by atoms with E-state index in [0.29, 0.717) is 0 Å². The van der Waals surface area contributed by atoms with Crippen LogP contribution in [0.4, 0.5) is 10.5 Å². The summed E-state index contributed by atoms with van der Waals surface area (Å²) in [5, 5.41) is 3.26. The zero-order chi connectivity index (χ0) is 16.4. The summed E-state index contributed by atoms with van der Waals surface area (Å²) in [5.74, 6) is 0. The number of nitrogens with one attached hydrogen (secondary N) is 1. The van der Waals surface area contributed by atoms with Crippen molar-refractivity contribution in [2.45, 2.75) is 24.9 Å². The SMILES string of the molecule is O=C1NC2(CCN(Cc3ccccc3)CC2)CN1c1ccccc1. The standard InChI is InChI=1S/C20H23N3O/c24-19-21-20(16-23(19)18-9-5-2-6-10-18)11-13-22(14-12-20)15-17-7-3-1-4-8-17/h1-10H,11-16H2,(H,21,24). The maximum absolute atomic E-state index is 12.4. The van der Waals surface area contributed by atoms with Crippen molar-refractivity contribution in [1.82, 2.24) is 10.2 Å². The van der Waals surface area contributed by atoms with E-state index in [1.807, 2.05) is 35.2 Å². The zero-order valence-electron chi connectivity index (χ0n) is 13.8. The van der Waals surface area contributed by atoms with Gasteiger partial charge in [0.05, 0.1) is 12.1 Å². The largest absolute Gasteiger partial charge is 0.330 e. The molecule has 0 atom stereocenters. The summed E-state index contributed by atoms with van der Waals surface area (Å²) in [6, 6.07) is 20.6. The molecule has 0 unspecified atom stereocenters. The predicted molar refractivity (Wildman–Crippen MR) is 96.0 cm³/mol. The van der Waals surface area contributed by atoms with Gasteiger partial charge in [-0.05, 0) is 30.5 Å². The van der Waals surface area contributed by atoms with Gasteiger partial charge in [0.1, 0.15) is 0 Å². The fourth-order valence-corrected chi connectivity index (χ4v) is 3.79. The summed E-state index contributed by atoms with van der Waals surface area (Å²) in [4.78, 5) is 16.8. The fourth-order valence-electron chi connectivity index (χ4n) is 3.79. The second-order valence-electron chi connectivity index (χ2n) is 6.89. The van der Waals surface area contributed by atoms with E-state index < -0.39 is 0 Å². The molecule has 2 heterocycles. The average Bonchev–Trinajstić information content (AvgIpc) is 2.95. The van der Waals surface area contributed by atoms with Crippen LogP contribution in [0.1, 0.15) is 18.4 Å². The topological polar surface area (TPSA) is 35.6 Å². The molecule has 2 amide bonds. The smallest absolute Gasteiger partial charge is 0.322 e. The lowest BCUT2D eigenvalue weighted by atomic mass is 9.88. The molecule has 1 spiro atoms. The van der Waals surface area contributed by atoms with Gasteiger partial charge in [0.2, 0.25) is 0 Å². The Hall–Kier alpha value is -2.33. The number of rotatable bonds is 3. The molecule has 0 saturated carbocycles. The molecule has 2 fully saturated rings. The Morgan fingerprint density at radius 1 is 0.917 bits per heavy atom. The molecule has 4 rings (SSSR count). The first-order valence-electron chi connectivity index (χ1n) is 8.65. The molecule has 1 N–H and O–H groups in total. The number of carbonyl (C=O) groups is 1. The second-order valence-corrected chi connectivity index (χ2v) is 6.89. The molecule has 0 radical (unpaired) electrons. The van der Waals surface area contributed by atoms with Gasteiger partial charge in [0, 0.05) is 25.3 Å². The van der Waals surface area contributed by atoms with Crippen LogP contribution in [0.15, 0.2) is 60.7 Å². The number of anilines is 1. The third-order valence-corrected chi connectivity index (χ3v) is 5.21. The van der Waals surface area contributed by atoms with Crippen LogP contribution >= 0.6 is 0 Å². The minimum Gasteiger partial charge on any atom is -0.330 e. The van der Waals surface area contributed by atoms with E-state index in [1.165, 1.54) is 5.56 Å². The van der Waals surface area contributed by atoms with Gasteiger partial charge in [-0.3, -0.25) is 9.80 Å². The first-order chi connectivity index (χ1) is 11.7. The molecular weight excluding hydrogens is 298 g/mol. The highest BCUT2D eigenvalue weighted by molar-refractivity contribution is 5.95. The molecule has 24 heavy (non-hydrogen) atoms. The van der Waals surface area contributed by atoms with Gasteiger partial charge in [0.25, 0.3) is 0 Å². The van der Waals surface area contributed by atoms with E-state index in [9.17, 15) is 4.79 Å². The van der Waals surface area contributed by atoms with Gasteiger partial charge in [-0.15, -0.1) is 0 Å². The quantitative estimate of drug-likeness (QED) is 0.942. The molecule has 124 valence electrons. The number of likely N-dealkylation sites (tertiary alicyclic amines) is 1. The minimum atomic E-state index is -0.0693. The highest BCUT2D eigenvalue weighted by Gasteiger charge is 2.44. The lowest BCUT2D eigenvalue weighted by Gasteiger charge is -2.38. The van der Waals surface area contributed by atoms with Crippen LogP contribution in [0.2, 0.25) is 0 Å². The van der Waals surface area contributed by atoms with Gasteiger partial charge in [-0.25, -0.2) is 4.79 Å². The van der Waals surface area contributed by atoms with E-state index >= 15 is 0 Å². The van der Waals surface area contributed by atoms with Gasteiger partial charge in [-0.1, -0.05) is 48.5 Å². The Labute approximate surface area is 143 Å². The Kier molecular flexibility index (Phi) is 3.98. The highest BCUT2D eigenvalue weighted by Crippen LogP contribution is 2.31. The lowest BCUT2D eigenvalue weighted by Crippen LogP contribution is -2.52. The van der Waals surface area contributed by atoms with Crippen molar-refractivity contribution >= 4 is 11.7 Å². The van der Waals surface area contributed by atoms with Crippen LogP contribution in [0.25, 0.3) is 0 Å². The zero-order valence-corrected chi connectivity index (χ0v) is 13.8. The fraction of sp³-hybridized carbons (Fsp3) is 0.350. The van der Waals surface area contributed by atoms with Gasteiger partial charge in [0.15, 0.2) is 0 Å². The van der Waals surface area contributed by atoms with Crippen molar-refractivity contribution in [3.05, 3.63) is 66.2 Å². The predicted octanol–water partition coefficient (Wildman–Crippen LogP) is 3.25. The van der Waals surface area contributed by atoms with Crippen molar-refractivity contribution in [2.75, 3.05) is 24.5 Å². The van der Waals surface area contributed by atoms with Crippen molar-refractivity contribution < 1.29 is 4.79 Å². The lowest BCUT2D eigenvalue weighted by molar-refractivity contribution is 0.151. The van der Waals surface area contributed by atoms with Gasteiger partial charge < -0.3 is 5.32 Å². The molecular formula is C20H23N3O. The summed E-state index contributed by atoms with van der Waals surface area (Å²) >= 11 is 0. The molecule has 0 aromatic heterocycles. The van der Waals surface area contributed by atoms with E-state index in [-0.39, 0.29) is 11.6 Å². The number of carbonyl (C=O) groups excluding carboxylic acids is 1. The molecule has 2 aliphatic rings. The summed E-state index contributed by atoms with van der Waals surface area (Å²) in [6.07, 6.45) is 2.02. The van der Waals surface area contributed by atoms with Crippen LogP contribution in [0.5, 0.6) is 0 Å². The first kappa shape index (κ1) is 15.2. The summed E-state index contributed by atoms with van der Waals surface area (Å²) in [5.41, 5.74) is 2.27. The molecule has 0 aliphatic carbocycles. The Balaban J connectivity index is 1.39. The third kappa shape index (κ3) is 3.02. The first-order valence-corrected chi connectivity index (χ1v) is 8.65. The van der Waals surface area contributed by atoms with E-state index in [2.05, 4.69) is 40.5 Å². The molecule has 2 aromatic rings. The van der Waals surface area contributed by atoms with E-state index in [0.717, 1.165) is 44.7 Å². The van der Waals surface area contributed by atoms with Crippen LogP contribution in [-0.4, -0.2) is 36.1 Å². The van der Waals surface area contributed by atoms with Crippen molar-refractivity contribution in [2.24, 2.45) is 0 Å². The monoisotopic (exact) mass is 321 g/mol. The number of benzene rings is 2. The number of nitrogens with zero attached hydrogens (tertiary/aromatic N) is 2. The maximum atomic E-state index is 12.4. The van der Waals surface area contributed by atoms with Crippen molar-refractivity contribution in [3.8, 4) is 0 Å². The van der Waals surface area contributed by atoms with E-state index in [1.54, 1.807) is 0 Å².